The van der Waals surface area contributed by atoms with Crippen LogP contribution in [0.15, 0.2) is 48.6 Å². The molecular weight excluding hydrogens is 997 g/mol. The molecule has 0 saturated heterocycles. The van der Waals surface area contributed by atoms with Crippen LogP contribution in [0.1, 0.15) is 393 Å². The van der Waals surface area contributed by atoms with Gasteiger partial charge in [0.15, 0.2) is 6.10 Å². The number of hydrogen-bond donors (Lipinski definition) is 0. The average molecular weight is 1140 g/mol. The number of carbonyl (C=O) groups is 3. The van der Waals surface area contributed by atoms with Crippen molar-refractivity contribution < 1.29 is 28.6 Å². The number of ether oxygens (including phenoxy) is 3. The van der Waals surface area contributed by atoms with Gasteiger partial charge < -0.3 is 14.2 Å². The van der Waals surface area contributed by atoms with E-state index in [0.29, 0.717) is 19.3 Å². The molecule has 0 aromatic rings. The summed E-state index contributed by atoms with van der Waals surface area (Å²) in [6, 6.07) is 0. The molecule has 6 nitrogen and oxygen atoms in total. The number of rotatable bonds is 67. The van der Waals surface area contributed by atoms with E-state index in [0.717, 1.165) is 83.5 Å². The van der Waals surface area contributed by atoms with E-state index in [1.807, 2.05) is 0 Å². The van der Waals surface area contributed by atoms with E-state index in [-0.39, 0.29) is 31.1 Å². The van der Waals surface area contributed by atoms with Crippen molar-refractivity contribution in [3.8, 4) is 0 Å². The van der Waals surface area contributed by atoms with Crippen LogP contribution >= 0.6 is 0 Å². The summed E-state index contributed by atoms with van der Waals surface area (Å²) in [7, 11) is 0. The summed E-state index contributed by atoms with van der Waals surface area (Å²) in [5.74, 6) is -0.844. The predicted molar refractivity (Wildman–Crippen MR) is 353 cm³/mol. The van der Waals surface area contributed by atoms with Gasteiger partial charge in [-0.3, -0.25) is 14.4 Å². The Balaban J connectivity index is 4.21. The highest BCUT2D eigenvalue weighted by Crippen LogP contribution is 2.19. The zero-order valence-electron chi connectivity index (χ0n) is 54.6. The Hall–Kier alpha value is -2.63. The minimum absolute atomic E-state index is 0.0689. The SMILES string of the molecule is CC/C=C\C/C=C\C/C=C\C/C=C\CCCCCCCCCCCCC(=O)OC(COC(=O)CCCCCCCCCCCCCCC)COC(=O)CCCCCCCCCCCCCCCCCCCCCCCCCCCCC. The van der Waals surface area contributed by atoms with Crippen molar-refractivity contribution in [1.82, 2.24) is 0 Å². The summed E-state index contributed by atoms with van der Waals surface area (Å²) in [5, 5.41) is 0. The van der Waals surface area contributed by atoms with Crippen LogP contribution in [-0.4, -0.2) is 37.2 Å². The van der Waals surface area contributed by atoms with Gasteiger partial charge in [-0.05, 0) is 57.8 Å². The predicted octanol–water partition coefficient (Wildman–Crippen LogP) is 24.9. The second-order valence-electron chi connectivity index (χ2n) is 24.5. The fourth-order valence-corrected chi connectivity index (χ4v) is 11.0. The van der Waals surface area contributed by atoms with E-state index < -0.39 is 6.10 Å². The van der Waals surface area contributed by atoms with Gasteiger partial charge in [-0.15, -0.1) is 0 Å². The highest BCUT2D eigenvalue weighted by molar-refractivity contribution is 5.71. The second-order valence-corrected chi connectivity index (χ2v) is 24.5. The van der Waals surface area contributed by atoms with Gasteiger partial charge in [0, 0.05) is 19.3 Å². The Labute approximate surface area is 505 Å². The standard InChI is InChI=1S/C75H138O6/c1-4-7-10-13-16-19-22-25-27-29-31-33-35-36-37-38-40-41-43-45-47-50-53-56-59-62-65-68-74(77)80-71-72(70-79-73(76)67-64-61-58-55-52-49-24-21-18-15-12-9-6-3)81-75(78)69-66-63-60-57-54-51-48-46-44-42-39-34-32-30-28-26-23-20-17-14-11-8-5-2/h8,11,17,20,26,28,32,34,72H,4-7,9-10,12-16,18-19,21-25,27,29-31,33,35-71H2,1-3H3/b11-8-,20-17-,28-26-,34-32-. The van der Waals surface area contributed by atoms with Crippen LogP contribution in [0.25, 0.3) is 0 Å². The van der Waals surface area contributed by atoms with E-state index in [1.54, 1.807) is 0 Å². The van der Waals surface area contributed by atoms with E-state index in [4.69, 9.17) is 14.2 Å². The van der Waals surface area contributed by atoms with Crippen molar-refractivity contribution >= 4 is 17.9 Å². The first-order valence-electron chi connectivity index (χ1n) is 36.1. The van der Waals surface area contributed by atoms with Crippen molar-refractivity contribution in [1.29, 1.82) is 0 Å². The van der Waals surface area contributed by atoms with Crippen LogP contribution < -0.4 is 0 Å². The van der Waals surface area contributed by atoms with Crippen molar-refractivity contribution in [2.45, 2.75) is 399 Å². The maximum Gasteiger partial charge on any atom is 0.306 e. The number of hydrogen-bond acceptors (Lipinski definition) is 6. The van der Waals surface area contributed by atoms with Gasteiger partial charge in [-0.25, -0.2) is 0 Å². The Kier molecular flexibility index (Phi) is 67.6. The van der Waals surface area contributed by atoms with Crippen molar-refractivity contribution in [2.75, 3.05) is 13.2 Å². The first-order valence-corrected chi connectivity index (χ1v) is 36.1. The zero-order chi connectivity index (χ0) is 58.5. The number of esters is 3. The topological polar surface area (TPSA) is 78.9 Å². The molecular formula is C75H138O6. The molecule has 1 unspecified atom stereocenters. The summed E-state index contributed by atoms with van der Waals surface area (Å²) in [6.07, 6.45) is 88.6. The molecule has 1 atom stereocenters. The lowest BCUT2D eigenvalue weighted by molar-refractivity contribution is -0.167. The molecule has 0 aliphatic heterocycles. The summed E-state index contributed by atoms with van der Waals surface area (Å²) in [4.78, 5) is 38.4. The quantitative estimate of drug-likeness (QED) is 0.0261. The minimum Gasteiger partial charge on any atom is -0.462 e. The van der Waals surface area contributed by atoms with Gasteiger partial charge in [0.25, 0.3) is 0 Å². The fourth-order valence-electron chi connectivity index (χ4n) is 11.0. The van der Waals surface area contributed by atoms with Crippen LogP contribution in [-0.2, 0) is 28.6 Å². The third-order valence-electron chi connectivity index (χ3n) is 16.3. The molecule has 0 aromatic carbocycles. The van der Waals surface area contributed by atoms with Gasteiger partial charge in [0.05, 0.1) is 0 Å². The van der Waals surface area contributed by atoms with Gasteiger partial charge in [-0.1, -0.05) is 365 Å². The van der Waals surface area contributed by atoms with Crippen molar-refractivity contribution in [3.63, 3.8) is 0 Å². The highest BCUT2D eigenvalue weighted by atomic mass is 16.6. The third kappa shape index (κ3) is 68.0. The van der Waals surface area contributed by atoms with Crippen LogP contribution in [0.3, 0.4) is 0 Å². The molecule has 6 heteroatoms. The Morgan fingerprint density at radius 2 is 0.481 bits per heavy atom. The van der Waals surface area contributed by atoms with Gasteiger partial charge in [0.1, 0.15) is 13.2 Å². The summed E-state index contributed by atoms with van der Waals surface area (Å²) in [6.45, 7) is 6.60. The molecule has 0 radical (unpaired) electrons. The molecule has 0 N–H and O–H groups in total. The van der Waals surface area contributed by atoms with E-state index in [2.05, 4.69) is 69.4 Å². The fraction of sp³-hybridized carbons (Fsp3) is 0.853. The number of unbranched alkanes of at least 4 members (excludes halogenated alkanes) is 48. The largest absolute Gasteiger partial charge is 0.462 e. The lowest BCUT2D eigenvalue weighted by Crippen LogP contribution is -2.30. The number of allylic oxidation sites excluding steroid dienone is 8. The molecule has 0 aliphatic carbocycles. The molecule has 474 valence electrons. The smallest absolute Gasteiger partial charge is 0.306 e. The van der Waals surface area contributed by atoms with Crippen LogP contribution in [0.2, 0.25) is 0 Å². The summed E-state index contributed by atoms with van der Waals surface area (Å²) >= 11 is 0. The normalized spacial score (nSPS) is 12.3. The number of carbonyl (C=O) groups excluding carboxylic acids is 3. The Morgan fingerprint density at radius 3 is 0.753 bits per heavy atom. The molecule has 0 aliphatic rings. The van der Waals surface area contributed by atoms with Gasteiger partial charge >= 0.3 is 17.9 Å². The lowest BCUT2D eigenvalue weighted by Gasteiger charge is -2.18. The lowest BCUT2D eigenvalue weighted by atomic mass is 10.0. The van der Waals surface area contributed by atoms with Crippen molar-refractivity contribution in [3.05, 3.63) is 48.6 Å². The van der Waals surface area contributed by atoms with Crippen LogP contribution in [0.4, 0.5) is 0 Å². The minimum atomic E-state index is -0.773. The van der Waals surface area contributed by atoms with Crippen LogP contribution in [0.5, 0.6) is 0 Å². The molecule has 81 heavy (non-hydrogen) atoms. The average Bonchev–Trinajstić information content (AvgIpc) is 3.46. The van der Waals surface area contributed by atoms with E-state index in [1.165, 1.54) is 270 Å². The highest BCUT2D eigenvalue weighted by Gasteiger charge is 2.19. The third-order valence-corrected chi connectivity index (χ3v) is 16.3. The van der Waals surface area contributed by atoms with Crippen LogP contribution in [0, 0.1) is 0 Å². The molecule has 0 aromatic heterocycles. The Morgan fingerprint density at radius 1 is 0.259 bits per heavy atom. The van der Waals surface area contributed by atoms with Gasteiger partial charge in [0.2, 0.25) is 0 Å². The molecule has 0 heterocycles. The molecule has 0 bridgehead atoms. The maximum absolute atomic E-state index is 13.0. The maximum atomic E-state index is 13.0. The van der Waals surface area contributed by atoms with E-state index in [9.17, 15) is 14.4 Å². The summed E-state index contributed by atoms with van der Waals surface area (Å²) < 4.78 is 17.0. The first kappa shape index (κ1) is 78.4. The molecule has 0 rings (SSSR count). The molecule has 0 spiro atoms. The second kappa shape index (κ2) is 69.9. The molecule has 0 saturated carbocycles. The molecule has 0 fully saturated rings. The van der Waals surface area contributed by atoms with Gasteiger partial charge in [-0.2, -0.15) is 0 Å². The summed E-state index contributed by atoms with van der Waals surface area (Å²) in [5.41, 5.74) is 0. The Bertz CT molecular complexity index is 1400. The monoisotopic (exact) mass is 1140 g/mol. The first-order chi connectivity index (χ1) is 40.0. The van der Waals surface area contributed by atoms with Crippen molar-refractivity contribution in [2.24, 2.45) is 0 Å². The molecule has 0 amide bonds. The van der Waals surface area contributed by atoms with E-state index >= 15 is 0 Å². The zero-order valence-corrected chi connectivity index (χ0v) is 54.6.